The Hall–Kier alpha value is -2.01. The predicted octanol–water partition coefficient (Wildman–Crippen LogP) is 3.55. The van der Waals surface area contributed by atoms with Gasteiger partial charge in [-0.05, 0) is 30.7 Å². The SMILES string of the molecule is CC(Nc1ccc([N+](=O)[O-])cc1S(=O)(=O)N1CCOCC1)c1cccc(Br)c1. The lowest BCUT2D eigenvalue weighted by atomic mass is 10.1. The largest absolute Gasteiger partial charge is 0.379 e. The van der Waals surface area contributed by atoms with Crippen LogP contribution in [-0.2, 0) is 14.8 Å². The van der Waals surface area contributed by atoms with E-state index in [0.717, 1.165) is 16.1 Å². The number of rotatable bonds is 6. The van der Waals surface area contributed by atoms with E-state index in [1.807, 2.05) is 31.2 Å². The highest BCUT2D eigenvalue weighted by Gasteiger charge is 2.30. The van der Waals surface area contributed by atoms with Gasteiger partial charge in [-0.1, -0.05) is 28.1 Å². The standard InChI is InChI=1S/C18H20BrN3O5S/c1-13(14-3-2-4-15(19)11-14)20-17-6-5-16(22(23)24)12-18(17)28(25,26)21-7-9-27-10-8-21/h2-6,11-13,20H,7-10H2,1H3. The fraction of sp³-hybridized carbons (Fsp3) is 0.333. The van der Waals surface area contributed by atoms with E-state index in [1.54, 1.807) is 0 Å². The van der Waals surface area contributed by atoms with E-state index < -0.39 is 14.9 Å². The topological polar surface area (TPSA) is 102 Å². The number of benzene rings is 2. The lowest BCUT2D eigenvalue weighted by molar-refractivity contribution is -0.385. The number of nitrogens with zero attached hydrogens (tertiary/aromatic N) is 2. The van der Waals surface area contributed by atoms with Crippen molar-refractivity contribution in [3.63, 3.8) is 0 Å². The molecule has 0 aliphatic carbocycles. The first kappa shape index (κ1) is 20.7. The quantitative estimate of drug-likeness (QED) is 0.512. The molecule has 28 heavy (non-hydrogen) atoms. The molecule has 1 heterocycles. The van der Waals surface area contributed by atoms with Crippen LogP contribution in [0.4, 0.5) is 11.4 Å². The molecule has 8 nitrogen and oxygen atoms in total. The molecule has 1 atom stereocenters. The highest BCUT2D eigenvalue weighted by Crippen LogP contribution is 2.32. The van der Waals surface area contributed by atoms with Crippen LogP contribution in [0.1, 0.15) is 18.5 Å². The van der Waals surface area contributed by atoms with E-state index in [9.17, 15) is 18.5 Å². The maximum Gasteiger partial charge on any atom is 0.270 e. The highest BCUT2D eigenvalue weighted by molar-refractivity contribution is 9.10. The first-order chi connectivity index (χ1) is 13.3. The van der Waals surface area contributed by atoms with Crippen molar-refractivity contribution in [1.82, 2.24) is 4.31 Å². The summed E-state index contributed by atoms with van der Waals surface area (Å²) in [5, 5.41) is 14.4. The molecule has 2 aromatic carbocycles. The van der Waals surface area contributed by atoms with E-state index in [4.69, 9.17) is 4.74 Å². The lowest BCUT2D eigenvalue weighted by Crippen LogP contribution is -2.40. The smallest absolute Gasteiger partial charge is 0.270 e. The summed E-state index contributed by atoms with van der Waals surface area (Å²) in [6.45, 7) is 2.92. The van der Waals surface area contributed by atoms with Gasteiger partial charge in [-0.2, -0.15) is 4.31 Å². The van der Waals surface area contributed by atoms with Crippen LogP contribution in [0.5, 0.6) is 0 Å². The van der Waals surface area contributed by atoms with Crippen molar-refractivity contribution in [1.29, 1.82) is 0 Å². The molecule has 1 N–H and O–H groups in total. The second kappa shape index (κ2) is 8.56. The van der Waals surface area contributed by atoms with E-state index >= 15 is 0 Å². The summed E-state index contributed by atoms with van der Waals surface area (Å²) in [5.74, 6) is 0. The number of nitrogens with one attached hydrogen (secondary N) is 1. The zero-order valence-electron chi connectivity index (χ0n) is 15.2. The number of nitro groups is 1. The number of anilines is 1. The number of non-ortho nitro benzene ring substituents is 1. The second-order valence-corrected chi connectivity index (χ2v) is 9.20. The maximum atomic E-state index is 13.2. The molecule has 150 valence electrons. The predicted molar refractivity (Wildman–Crippen MR) is 109 cm³/mol. The van der Waals surface area contributed by atoms with Crippen LogP contribution < -0.4 is 5.32 Å². The van der Waals surface area contributed by atoms with Gasteiger partial charge in [0, 0.05) is 35.7 Å². The Labute approximate surface area is 171 Å². The Morgan fingerprint density at radius 3 is 2.57 bits per heavy atom. The van der Waals surface area contributed by atoms with Gasteiger partial charge in [0.25, 0.3) is 5.69 Å². The summed E-state index contributed by atoms with van der Waals surface area (Å²) in [4.78, 5) is 10.5. The van der Waals surface area contributed by atoms with Crippen LogP contribution in [0.3, 0.4) is 0 Å². The molecule has 0 saturated carbocycles. The minimum absolute atomic E-state index is 0.106. The van der Waals surface area contributed by atoms with E-state index in [0.29, 0.717) is 18.9 Å². The van der Waals surface area contributed by atoms with E-state index in [1.165, 1.54) is 16.4 Å². The zero-order valence-corrected chi connectivity index (χ0v) is 17.6. The summed E-state index contributed by atoms with van der Waals surface area (Å²) in [6, 6.07) is 11.3. The van der Waals surface area contributed by atoms with Crippen LogP contribution >= 0.6 is 15.9 Å². The molecule has 0 aromatic heterocycles. The van der Waals surface area contributed by atoms with Gasteiger partial charge in [0.2, 0.25) is 10.0 Å². The number of hydrogen-bond donors (Lipinski definition) is 1. The summed E-state index contributed by atoms with van der Waals surface area (Å²) < 4.78 is 33.7. The lowest BCUT2D eigenvalue weighted by Gasteiger charge is -2.27. The molecule has 1 fully saturated rings. The number of sulfonamides is 1. The van der Waals surface area contributed by atoms with E-state index in [2.05, 4.69) is 21.2 Å². The van der Waals surface area contributed by atoms with Crippen LogP contribution in [0.15, 0.2) is 51.8 Å². The third-order valence-corrected chi connectivity index (χ3v) is 6.92. The number of morpholine rings is 1. The highest BCUT2D eigenvalue weighted by atomic mass is 79.9. The molecule has 0 spiro atoms. The van der Waals surface area contributed by atoms with Crippen LogP contribution in [0.2, 0.25) is 0 Å². The van der Waals surface area contributed by atoms with Crippen molar-refractivity contribution in [3.05, 3.63) is 62.6 Å². The van der Waals surface area contributed by atoms with Crippen molar-refractivity contribution in [3.8, 4) is 0 Å². The summed E-state index contributed by atoms with van der Waals surface area (Å²) in [5.41, 5.74) is 1.000. The fourth-order valence-electron chi connectivity index (χ4n) is 2.98. The Morgan fingerprint density at radius 1 is 1.21 bits per heavy atom. The third kappa shape index (κ3) is 4.52. The average molecular weight is 470 g/mol. The zero-order chi connectivity index (χ0) is 20.3. The molecular formula is C18H20BrN3O5S. The minimum atomic E-state index is -3.91. The minimum Gasteiger partial charge on any atom is -0.379 e. The summed E-state index contributed by atoms with van der Waals surface area (Å²) in [6.07, 6.45) is 0. The van der Waals surface area contributed by atoms with Crippen LogP contribution in [-0.4, -0.2) is 43.9 Å². The summed E-state index contributed by atoms with van der Waals surface area (Å²) >= 11 is 3.42. The van der Waals surface area contributed by atoms with Gasteiger partial charge < -0.3 is 10.1 Å². The van der Waals surface area contributed by atoms with Gasteiger partial charge in [-0.15, -0.1) is 0 Å². The Kier molecular flexibility index (Phi) is 6.33. The van der Waals surface area contributed by atoms with Crippen molar-refractivity contribution >= 4 is 37.3 Å². The molecule has 1 aliphatic rings. The molecule has 3 rings (SSSR count). The molecular weight excluding hydrogens is 450 g/mol. The molecule has 2 aromatic rings. The molecule has 0 amide bonds. The van der Waals surface area contributed by atoms with Gasteiger partial charge in [0.1, 0.15) is 4.90 Å². The van der Waals surface area contributed by atoms with Crippen molar-refractivity contribution < 1.29 is 18.1 Å². The molecule has 1 aliphatic heterocycles. The second-order valence-electron chi connectivity index (χ2n) is 6.38. The third-order valence-electron chi connectivity index (χ3n) is 4.48. The van der Waals surface area contributed by atoms with Crippen molar-refractivity contribution in [2.24, 2.45) is 0 Å². The molecule has 0 bridgehead atoms. The molecule has 1 unspecified atom stereocenters. The maximum absolute atomic E-state index is 13.2. The molecule has 0 radical (unpaired) electrons. The molecule has 10 heteroatoms. The Balaban J connectivity index is 1.99. The number of halogens is 1. The normalized spacial score (nSPS) is 16.5. The Bertz CT molecular complexity index is 977. The molecule has 1 saturated heterocycles. The van der Waals surface area contributed by atoms with Crippen molar-refractivity contribution in [2.75, 3.05) is 31.6 Å². The first-order valence-electron chi connectivity index (χ1n) is 8.67. The monoisotopic (exact) mass is 469 g/mol. The summed E-state index contributed by atoms with van der Waals surface area (Å²) in [7, 11) is -3.91. The van der Waals surface area contributed by atoms with Crippen molar-refractivity contribution in [2.45, 2.75) is 17.9 Å². The average Bonchev–Trinajstić information content (AvgIpc) is 2.68. The van der Waals surface area contributed by atoms with Crippen LogP contribution in [0, 0.1) is 10.1 Å². The first-order valence-corrected chi connectivity index (χ1v) is 10.9. The fourth-order valence-corrected chi connectivity index (χ4v) is 4.98. The van der Waals surface area contributed by atoms with Gasteiger partial charge in [0.15, 0.2) is 0 Å². The van der Waals surface area contributed by atoms with E-state index in [-0.39, 0.29) is 29.7 Å². The van der Waals surface area contributed by atoms with Gasteiger partial charge >= 0.3 is 0 Å². The number of nitro benzene ring substituents is 1. The Morgan fingerprint density at radius 2 is 1.93 bits per heavy atom. The van der Waals surface area contributed by atoms with Gasteiger partial charge in [-0.25, -0.2) is 8.42 Å². The number of ether oxygens (including phenoxy) is 1. The number of hydrogen-bond acceptors (Lipinski definition) is 6. The van der Waals surface area contributed by atoms with Gasteiger partial charge in [0.05, 0.1) is 23.8 Å². The van der Waals surface area contributed by atoms with Gasteiger partial charge in [-0.3, -0.25) is 10.1 Å². The van der Waals surface area contributed by atoms with Crippen LogP contribution in [0.25, 0.3) is 0 Å².